The molecule has 1 heterocycles. The molecule has 0 radical (unpaired) electrons. The summed E-state index contributed by atoms with van der Waals surface area (Å²) in [5.41, 5.74) is 1.69. The first kappa shape index (κ1) is 36.8. The van der Waals surface area contributed by atoms with E-state index in [2.05, 4.69) is 67.9 Å². The van der Waals surface area contributed by atoms with Crippen molar-refractivity contribution in [2.75, 3.05) is 6.61 Å². The van der Waals surface area contributed by atoms with Gasteiger partial charge in [0.05, 0.1) is 13.0 Å². The van der Waals surface area contributed by atoms with Crippen molar-refractivity contribution < 1.29 is 31.1 Å². The van der Waals surface area contributed by atoms with Crippen molar-refractivity contribution in [2.24, 2.45) is 0 Å². The summed E-state index contributed by atoms with van der Waals surface area (Å²) < 4.78 is 8.43. The van der Waals surface area contributed by atoms with Crippen LogP contribution in [0, 0.1) is 0 Å². The van der Waals surface area contributed by atoms with E-state index in [0.717, 1.165) is 30.8 Å². The number of carbonyl (C=O) groups is 1. The van der Waals surface area contributed by atoms with Crippen LogP contribution in [0.5, 0.6) is 5.75 Å². The largest absolute Gasteiger partial charge is 1.00 e. The Morgan fingerprint density at radius 3 is 2.09 bits per heavy atom. The van der Waals surface area contributed by atoms with Crippen LogP contribution in [0.1, 0.15) is 122 Å². The smallest absolute Gasteiger partial charge is 0.225 e. The van der Waals surface area contributed by atoms with Crippen LogP contribution in [0.15, 0.2) is 73.1 Å². The summed E-state index contributed by atoms with van der Waals surface area (Å²) >= 11 is 0. The van der Waals surface area contributed by atoms with Crippen LogP contribution in [0.25, 0.3) is 0 Å². The van der Waals surface area contributed by atoms with Crippen LogP contribution >= 0.6 is 0 Å². The van der Waals surface area contributed by atoms with E-state index in [0.29, 0.717) is 13.0 Å². The highest BCUT2D eigenvalue weighted by atomic mass is 79.9. The highest BCUT2D eigenvalue weighted by molar-refractivity contribution is 5.80. The zero-order valence-electron chi connectivity index (χ0n) is 27.4. The second-order valence-electron chi connectivity index (χ2n) is 13.2. The fraction of sp³-hybridized carbons (Fsp3) is 0.579. The Morgan fingerprint density at radius 2 is 1.51 bits per heavy atom. The second-order valence-corrected chi connectivity index (χ2v) is 13.2. The quantitative estimate of drug-likeness (QED) is 0.150. The molecule has 0 bridgehead atoms. The van der Waals surface area contributed by atoms with Gasteiger partial charge in [-0.25, -0.2) is 4.57 Å². The van der Waals surface area contributed by atoms with Crippen LogP contribution in [-0.2, 0) is 23.2 Å². The van der Waals surface area contributed by atoms with Gasteiger partial charge in [-0.1, -0.05) is 141 Å². The Labute approximate surface area is 273 Å². The number of nitrogens with zero attached hydrogens (tertiary/aromatic N) is 1. The van der Waals surface area contributed by atoms with Gasteiger partial charge in [-0.3, -0.25) is 4.79 Å². The molecule has 1 unspecified atom stereocenters. The number of halogens is 1. The molecule has 1 atom stereocenters. The first-order chi connectivity index (χ1) is 20.3. The fourth-order valence-corrected chi connectivity index (χ4v) is 5.81. The van der Waals surface area contributed by atoms with Gasteiger partial charge in [0, 0.05) is 12.1 Å². The lowest BCUT2D eigenvalue weighted by atomic mass is 9.85. The molecule has 0 saturated heterocycles. The zero-order valence-corrected chi connectivity index (χ0v) is 29.0. The number of pyridine rings is 1. The molecule has 3 rings (SSSR count). The Bertz CT molecular complexity index is 1120. The minimum Gasteiger partial charge on any atom is -1.00 e. The number of amides is 1. The minimum absolute atomic E-state index is 0. The average molecular weight is 654 g/mol. The van der Waals surface area contributed by atoms with Crippen molar-refractivity contribution >= 4 is 5.91 Å². The van der Waals surface area contributed by atoms with Gasteiger partial charge in [-0.15, -0.1) is 0 Å². The molecule has 0 saturated carbocycles. The third-order valence-corrected chi connectivity index (χ3v) is 8.25. The number of hydrogen-bond acceptors (Lipinski definition) is 2. The number of ether oxygens (including phenoxy) is 1. The summed E-state index contributed by atoms with van der Waals surface area (Å²) in [6, 6.07) is 12.4. The predicted octanol–water partition coefficient (Wildman–Crippen LogP) is 5.97. The summed E-state index contributed by atoms with van der Waals surface area (Å²) in [5.74, 6) is 0.989. The second kappa shape index (κ2) is 19.8. The molecular weight excluding hydrogens is 596 g/mol. The molecule has 1 amide bonds. The average Bonchev–Trinajstić information content (AvgIpc) is 2.96. The van der Waals surface area contributed by atoms with Gasteiger partial charge in [0.1, 0.15) is 11.3 Å². The van der Waals surface area contributed by atoms with E-state index in [1.807, 2.05) is 42.7 Å². The lowest BCUT2D eigenvalue weighted by Crippen LogP contribution is -3.00. The van der Waals surface area contributed by atoms with Crippen molar-refractivity contribution in [3.63, 3.8) is 0 Å². The minimum atomic E-state index is -0.429. The van der Waals surface area contributed by atoms with E-state index < -0.39 is 5.54 Å². The van der Waals surface area contributed by atoms with Crippen LogP contribution in [0.2, 0.25) is 0 Å². The summed E-state index contributed by atoms with van der Waals surface area (Å²) in [6.07, 6.45) is 29.7. The molecule has 1 aromatic carbocycles. The van der Waals surface area contributed by atoms with Crippen molar-refractivity contribution in [3.05, 3.63) is 84.2 Å². The van der Waals surface area contributed by atoms with Gasteiger partial charge in [-0.2, -0.15) is 0 Å². The molecule has 4 nitrogen and oxygen atoms in total. The van der Waals surface area contributed by atoms with E-state index in [1.54, 1.807) is 0 Å². The third kappa shape index (κ3) is 13.8. The summed E-state index contributed by atoms with van der Waals surface area (Å²) in [5, 5.41) is 3.35. The topological polar surface area (TPSA) is 42.2 Å². The Morgan fingerprint density at radius 1 is 0.884 bits per heavy atom. The number of nitrogens with one attached hydrogen (secondary N) is 1. The van der Waals surface area contributed by atoms with Crippen molar-refractivity contribution in [1.29, 1.82) is 0 Å². The van der Waals surface area contributed by atoms with E-state index in [-0.39, 0.29) is 28.3 Å². The number of carbonyl (C=O) groups excluding carboxylic acids is 1. The van der Waals surface area contributed by atoms with Crippen molar-refractivity contribution in [3.8, 4) is 5.75 Å². The van der Waals surface area contributed by atoms with Crippen LogP contribution < -0.4 is 31.6 Å². The lowest BCUT2D eigenvalue weighted by Gasteiger charge is -2.30. The maximum absolute atomic E-state index is 13.3. The van der Waals surface area contributed by atoms with E-state index in [1.165, 1.54) is 76.2 Å². The first-order valence-corrected chi connectivity index (χ1v) is 16.7. The first-order valence-electron chi connectivity index (χ1n) is 16.7. The van der Waals surface area contributed by atoms with Gasteiger partial charge in [0.15, 0.2) is 18.9 Å². The lowest BCUT2D eigenvalue weighted by molar-refractivity contribution is -0.703. The molecule has 0 fully saturated rings. The molecule has 1 N–H and O–H groups in total. The molecule has 1 aromatic heterocycles. The highest BCUT2D eigenvalue weighted by Gasteiger charge is 2.33. The SMILES string of the molecule is CCCCCCCCCCCCCCOc1ccc(CC(=O)NC2(C[n+]3ccccc3)C=CC=CC2)cc1C(C)(C)C.[Br-]. The maximum atomic E-state index is 13.3. The maximum Gasteiger partial charge on any atom is 0.225 e. The van der Waals surface area contributed by atoms with Gasteiger partial charge >= 0.3 is 0 Å². The monoisotopic (exact) mass is 652 g/mol. The Hall–Kier alpha value is -2.40. The molecule has 0 aliphatic heterocycles. The number of aromatic nitrogens is 1. The van der Waals surface area contributed by atoms with Crippen molar-refractivity contribution in [1.82, 2.24) is 5.32 Å². The summed E-state index contributed by atoms with van der Waals surface area (Å²) in [7, 11) is 0. The van der Waals surface area contributed by atoms with Crippen LogP contribution in [0.3, 0.4) is 0 Å². The molecule has 43 heavy (non-hydrogen) atoms. The van der Waals surface area contributed by atoms with E-state index in [9.17, 15) is 4.79 Å². The number of benzene rings is 1. The summed E-state index contributed by atoms with van der Waals surface area (Å²) in [4.78, 5) is 13.3. The van der Waals surface area contributed by atoms with Gasteiger partial charge in [0.2, 0.25) is 5.91 Å². The van der Waals surface area contributed by atoms with E-state index >= 15 is 0 Å². The molecular formula is C38H57BrN2O2. The molecule has 1 aliphatic rings. The highest BCUT2D eigenvalue weighted by Crippen LogP contribution is 2.33. The summed E-state index contributed by atoms with van der Waals surface area (Å²) in [6.45, 7) is 10.4. The van der Waals surface area contributed by atoms with Crippen LogP contribution in [0.4, 0.5) is 0 Å². The Kier molecular flexibility index (Phi) is 16.9. The fourth-order valence-electron chi connectivity index (χ4n) is 5.81. The number of allylic oxidation sites excluding steroid dienone is 2. The Balaban J connectivity index is 0.00000645. The number of unbranched alkanes of at least 4 members (excludes halogenated alkanes) is 11. The number of hydrogen-bond donors (Lipinski definition) is 1. The molecule has 0 spiro atoms. The standard InChI is InChI=1S/C38H56N2O2.BrH/c1-5-6-7-8-9-10-11-12-13-14-15-22-29-42-35-24-23-33(30-34(35)37(2,3)4)31-36(41)39-38(25-18-16-19-26-38)32-40-27-20-17-21-28-40;/h16-21,23-25,27-28,30H,5-15,22,26,29,31-32H2,1-4H3;1H. The van der Waals surface area contributed by atoms with Crippen molar-refractivity contribution in [2.45, 2.75) is 135 Å². The third-order valence-electron chi connectivity index (χ3n) is 8.25. The molecule has 238 valence electrons. The predicted molar refractivity (Wildman–Crippen MR) is 176 cm³/mol. The molecule has 2 aromatic rings. The van der Waals surface area contributed by atoms with Crippen LogP contribution in [-0.4, -0.2) is 18.1 Å². The van der Waals surface area contributed by atoms with Gasteiger partial charge < -0.3 is 27.0 Å². The zero-order chi connectivity index (χ0) is 30.1. The molecule has 5 heteroatoms. The normalized spacial score (nSPS) is 16.1. The van der Waals surface area contributed by atoms with E-state index in [4.69, 9.17) is 4.74 Å². The van der Waals surface area contributed by atoms with Gasteiger partial charge in [-0.05, 0) is 35.4 Å². The number of rotatable bonds is 19. The molecule has 1 aliphatic carbocycles. The van der Waals surface area contributed by atoms with Gasteiger partial charge in [0.25, 0.3) is 0 Å².